The molecule has 2 fully saturated rings. The Labute approximate surface area is 112 Å². The molecule has 18 heavy (non-hydrogen) atoms. The van der Waals surface area contributed by atoms with Crippen LogP contribution in [0.15, 0.2) is 0 Å². The molecule has 0 radical (unpaired) electrons. The Morgan fingerprint density at radius 1 is 1.22 bits per heavy atom. The Balaban J connectivity index is 1.83. The predicted octanol–water partition coefficient (Wildman–Crippen LogP) is 2.74. The van der Waals surface area contributed by atoms with E-state index in [2.05, 4.69) is 26.2 Å². The first kappa shape index (κ1) is 14.3. The minimum Gasteiger partial charge on any atom is -0.376 e. The zero-order chi connectivity index (χ0) is 13.0. The molecule has 3 atom stereocenters. The smallest absolute Gasteiger partial charge is 0.0808 e. The SMILES string of the molecule is CNC1C(OCC2CCCCO2)CCCC1(C)C. The fraction of sp³-hybridized carbons (Fsp3) is 1.00. The highest BCUT2D eigenvalue weighted by Crippen LogP contribution is 2.37. The highest BCUT2D eigenvalue weighted by Gasteiger charge is 2.38. The molecule has 0 spiro atoms. The maximum atomic E-state index is 6.17. The lowest BCUT2D eigenvalue weighted by molar-refractivity contribution is -0.0926. The van der Waals surface area contributed by atoms with Crippen molar-refractivity contribution in [2.24, 2.45) is 5.41 Å². The van der Waals surface area contributed by atoms with Crippen molar-refractivity contribution >= 4 is 0 Å². The molecular formula is C15H29NO2. The second kappa shape index (κ2) is 6.36. The maximum absolute atomic E-state index is 6.17. The van der Waals surface area contributed by atoms with Crippen LogP contribution in [0.25, 0.3) is 0 Å². The molecule has 2 aliphatic rings. The molecule has 0 aromatic heterocycles. The van der Waals surface area contributed by atoms with Crippen LogP contribution in [0.2, 0.25) is 0 Å². The van der Waals surface area contributed by atoms with Crippen molar-refractivity contribution in [3.8, 4) is 0 Å². The van der Waals surface area contributed by atoms with Gasteiger partial charge < -0.3 is 14.8 Å². The second-order valence-corrected chi connectivity index (χ2v) is 6.51. The van der Waals surface area contributed by atoms with Gasteiger partial charge in [0, 0.05) is 12.6 Å². The van der Waals surface area contributed by atoms with Gasteiger partial charge in [-0.25, -0.2) is 0 Å². The first-order chi connectivity index (χ1) is 8.63. The molecule has 1 N–H and O–H groups in total. The first-order valence-corrected chi connectivity index (χ1v) is 7.54. The van der Waals surface area contributed by atoms with E-state index in [1.807, 2.05) is 0 Å². The molecular weight excluding hydrogens is 226 g/mol. The lowest BCUT2D eigenvalue weighted by Gasteiger charge is -2.44. The van der Waals surface area contributed by atoms with Gasteiger partial charge in [-0.15, -0.1) is 0 Å². The first-order valence-electron chi connectivity index (χ1n) is 7.54. The number of rotatable bonds is 4. The topological polar surface area (TPSA) is 30.5 Å². The standard InChI is InChI=1S/C15H29NO2/c1-15(2)9-6-8-13(14(15)16-3)18-11-12-7-4-5-10-17-12/h12-14,16H,4-11H2,1-3H3. The highest BCUT2D eigenvalue weighted by molar-refractivity contribution is 4.93. The van der Waals surface area contributed by atoms with Crippen LogP contribution in [0.1, 0.15) is 52.4 Å². The monoisotopic (exact) mass is 255 g/mol. The van der Waals surface area contributed by atoms with Gasteiger partial charge in [0.1, 0.15) is 0 Å². The molecule has 1 heterocycles. The average Bonchev–Trinajstić information content (AvgIpc) is 2.36. The summed E-state index contributed by atoms with van der Waals surface area (Å²) in [5.41, 5.74) is 0.338. The van der Waals surface area contributed by atoms with E-state index >= 15 is 0 Å². The maximum Gasteiger partial charge on any atom is 0.0808 e. The minimum atomic E-state index is 0.335. The van der Waals surface area contributed by atoms with Crippen molar-refractivity contribution in [1.29, 1.82) is 0 Å². The van der Waals surface area contributed by atoms with Crippen LogP contribution in [-0.4, -0.2) is 38.5 Å². The van der Waals surface area contributed by atoms with E-state index < -0.39 is 0 Å². The summed E-state index contributed by atoms with van der Waals surface area (Å²) in [6, 6.07) is 0.467. The summed E-state index contributed by atoms with van der Waals surface area (Å²) in [6.07, 6.45) is 8.11. The largest absolute Gasteiger partial charge is 0.376 e. The molecule has 1 aliphatic carbocycles. The van der Waals surface area contributed by atoms with Crippen molar-refractivity contribution in [1.82, 2.24) is 5.32 Å². The molecule has 1 saturated heterocycles. The van der Waals surface area contributed by atoms with Gasteiger partial charge in [-0.3, -0.25) is 0 Å². The van der Waals surface area contributed by atoms with E-state index in [1.54, 1.807) is 0 Å². The van der Waals surface area contributed by atoms with Gasteiger partial charge in [-0.1, -0.05) is 20.3 Å². The molecule has 1 saturated carbocycles. The molecule has 0 bridgehead atoms. The average molecular weight is 255 g/mol. The van der Waals surface area contributed by atoms with Crippen LogP contribution in [0, 0.1) is 5.41 Å². The third-order valence-electron chi connectivity index (χ3n) is 4.60. The van der Waals surface area contributed by atoms with Crippen molar-refractivity contribution in [2.75, 3.05) is 20.3 Å². The van der Waals surface area contributed by atoms with Gasteiger partial charge in [-0.05, 0) is 44.6 Å². The van der Waals surface area contributed by atoms with Gasteiger partial charge in [0.05, 0.1) is 18.8 Å². The van der Waals surface area contributed by atoms with Crippen LogP contribution in [0.4, 0.5) is 0 Å². The van der Waals surface area contributed by atoms with Gasteiger partial charge in [0.15, 0.2) is 0 Å². The van der Waals surface area contributed by atoms with Gasteiger partial charge in [-0.2, -0.15) is 0 Å². The Morgan fingerprint density at radius 3 is 2.72 bits per heavy atom. The van der Waals surface area contributed by atoms with Crippen molar-refractivity contribution in [2.45, 2.75) is 70.6 Å². The number of nitrogens with one attached hydrogen (secondary N) is 1. The third-order valence-corrected chi connectivity index (χ3v) is 4.60. The Kier molecular flexibility index (Phi) is 5.05. The van der Waals surface area contributed by atoms with Crippen LogP contribution in [0.5, 0.6) is 0 Å². The van der Waals surface area contributed by atoms with Gasteiger partial charge in [0.25, 0.3) is 0 Å². The Bertz CT molecular complexity index is 249. The summed E-state index contributed by atoms with van der Waals surface area (Å²) in [7, 11) is 2.06. The lowest BCUT2D eigenvalue weighted by atomic mass is 9.72. The number of ether oxygens (including phenoxy) is 2. The third kappa shape index (κ3) is 3.46. The quantitative estimate of drug-likeness (QED) is 0.838. The zero-order valence-electron chi connectivity index (χ0n) is 12.2. The van der Waals surface area contributed by atoms with Crippen molar-refractivity contribution < 1.29 is 9.47 Å². The molecule has 106 valence electrons. The molecule has 1 aliphatic heterocycles. The van der Waals surface area contributed by atoms with E-state index in [0.29, 0.717) is 23.7 Å². The summed E-state index contributed by atoms with van der Waals surface area (Å²) in [5.74, 6) is 0. The van der Waals surface area contributed by atoms with E-state index in [-0.39, 0.29) is 0 Å². The molecule has 0 aromatic rings. The Hall–Kier alpha value is -0.120. The summed E-state index contributed by atoms with van der Waals surface area (Å²) in [4.78, 5) is 0. The molecule has 3 unspecified atom stereocenters. The van der Waals surface area contributed by atoms with Crippen LogP contribution in [0.3, 0.4) is 0 Å². The Morgan fingerprint density at radius 2 is 2.06 bits per heavy atom. The van der Waals surface area contributed by atoms with E-state index in [0.717, 1.165) is 13.2 Å². The van der Waals surface area contributed by atoms with Crippen molar-refractivity contribution in [3.63, 3.8) is 0 Å². The fourth-order valence-electron chi connectivity index (χ4n) is 3.51. The van der Waals surface area contributed by atoms with Crippen LogP contribution < -0.4 is 5.32 Å². The van der Waals surface area contributed by atoms with Gasteiger partial charge >= 0.3 is 0 Å². The van der Waals surface area contributed by atoms with Gasteiger partial charge in [0.2, 0.25) is 0 Å². The highest BCUT2D eigenvalue weighted by atomic mass is 16.5. The normalized spacial score (nSPS) is 36.5. The molecule has 3 nitrogen and oxygen atoms in total. The molecule has 0 amide bonds. The minimum absolute atomic E-state index is 0.335. The van der Waals surface area contributed by atoms with E-state index in [1.165, 1.54) is 38.5 Å². The lowest BCUT2D eigenvalue weighted by Crippen LogP contribution is -2.52. The van der Waals surface area contributed by atoms with E-state index in [9.17, 15) is 0 Å². The number of likely N-dealkylation sites (N-methyl/N-ethyl adjacent to an activating group) is 1. The summed E-state index contributed by atoms with van der Waals surface area (Å²) in [5, 5.41) is 3.47. The molecule has 0 aromatic carbocycles. The van der Waals surface area contributed by atoms with Crippen molar-refractivity contribution in [3.05, 3.63) is 0 Å². The van der Waals surface area contributed by atoms with E-state index in [4.69, 9.17) is 9.47 Å². The molecule has 3 heteroatoms. The van der Waals surface area contributed by atoms with Crippen LogP contribution in [-0.2, 0) is 9.47 Å². The number of hydrogen-bond donors (Lipinski definition) is 1. The summed E-state index contributed by atoms with van der Waals surface area (Å²) in [6.45, 7) is 6.39. The fourth-order valence-corrected chi connectivity index (χ4v) is 3.51. The summed E-state index contributed by atoms with van der Waals surface area (Å²) < 4.78 is 11.9. The second-order valence-electron chi connectivity index (χ2n) is 6.51. The molecule has 2 rings (SSSR count). The summed E-state index contributed by atoms with van der Waals surface area (Å²) >= 11 is 0. The number of hydrogen-bond acceptors (Lipinski definition) is 3. The predicted molar refractivity (Wildman–Crippen MR) is 73.8 cm³/mol. The zero-order valence-corrected chi connectivity index (χ0v) is 12.2. The van der Waals surface area contributed by atoms with Crippen LogP contribution >= 0.6 is 0 Å².